The van der Waals surface area contributed by atoms with Crippen LogP contribution in [0.25, 0.3) is 0 Å². The number of nitrogens with one attached hydrogen (secondary N) is 1. The molecule has 6 nitrogen and oxygen atoms in total. The van der Waals surface area contributed by atoms with Gasteiger partial charge in [0.2, 0.25) is 11.8 Å². The highest BCUT2D eigenvalue weighted by Crippen LogP contribution is 1.91. The number of hydrogen-bond donors (Lipinski definition) is 3. The molecule has 15 heavy (non-hydrogen) atoms. The fraction of sp³-hybridized carbons (Fsp3) is 0.778. The summed E-state index contributed by atoms with van der Waals surface area (Å²) in [5.41, 5.74) is 10.1. The van der Waals surface area contributed by atoms with Crippen LogP contribution >= 0.6 is 0 Å². The number of carbonyl (C=O) groups is 2. The van der Waals surface area contributed by atoms with Gasteiger partial charge in [0.05, 0.1) is 12.5 Å². The summed E-state index contributed by atoms with van der Waals surface area (Å²) in [4.78, 5) is 23.6. The lowest BCUT2D eigenvalue weighted by Gasteiger charge is -2.14. The van der Waals surface area contributed by atoms with E-state index in [1.54, 1.807) is 0 Å². The zero-order valence-electron chi connectivity index (χ0n) is 9.32. The summed E-state index contributed by atoms with van der Waals surface area (Å²) in [5.74, 6) is -1.07. The van der Waals surface area contributed by atoms with E-state index < -0.39 is 17.9 Å². The van der Waals surface area contributed by atoms with Gasteiger partial charge in [-0.25, -0.2) is 0 Å². The van der Waals surface area contributed by atoms with Gasteiger partial charge in [-0.05, 0) is 33.6 Å². The standard InChI is InChI=1S/C9H20N4O2/c1-13(2)5-3-4-12-7(9(11)15)6-8(10)14/h7,12H,3-6H2,1-2H3,(H2,10,14)(H2,11,15)/t7-/m1/s1. The number of hydrogen-bond acceptors (Lipinski definition) is 4. The fourth-order valence-electron chi connectivity index (χ4n) is 1.15. The summed E-state index contributed by atoms with van der Waals surface area (Å²) in [5, 5.41) is 2.90. The molecule has 0 aromatic rings. The first kappa shape index (κ1) is 13.9. The van der Waals surface area contributed by atoms with Crippen molar-refractivity contribution in [1.82, 2.24) is 10.2 Å². The Balaban J connectivity index is 3.77. The molecule has 1 atom stereocenters. The fourth-order valence-corrected chi connectivity index (χ4v) is 1.15. The van der Waals surface area contributed by atoms with Gasteiger partial charge in [0, 0.05) is 0 Å². The molecule has 0 rings (SSSR count). The molecule has 0 heterocycles. The van der Waals surface area contributed by atoms with Crippen LogP contribution in [0.1, 0.15) is 12.8 Å². The van der Waals surface area contributed by atoms with Crippen LogP contribution in [0.4, 0.5) is 0 Å². The van der Waals surface area contributed by atoms with Crippen LogP contribution in [0.3, 0.4) is 0 Å². The van der Waals surface area contributed by atoms with Crippen molar-refractivity contribution in [3.63, 3.8) is 0 Å². The van der Waals surface area contributed by atoms with Gasteiger partial charge in [0.15, 0.2) is 0 Å². The number of rotatable bonds is 8. The van der Waals surface area contributed by atoms with E-state index in [0.29, 0.717) is 6.54 Å². The third kappa shape index (κ3) is 7.90. The van der Waals surface area contributed by atoms with Gasteiger partial charge in [-0.1, -0.05) is 0 Å². The van der Waals surface area contributed by atoms with Crippen LogP contribution in [0.2, 0.25) is 0 Å². The maximum absolute atomic E-state index is 10.9. The number of nitrogens with zero attached hydrogens (tertiary/aromatic N) is 1. The second-order valence-corrected chi connectivity index (χ2v) is 3.74. The van der Waals surface area contributed by atoms with Crippen LogP contribution in [-0.4, -0.2) is 49.9 Å². The summed E-state index contributed by atoms with van der Waals surface area (Å²) in [6.07, 6.45) is 0.840. The van der Waals surface area contributed by atoms with E-state index in [-0.39, 0.29) is 6.42 Å². The second kappa shape index (κ2) is 7.19. The molecule has 0 aromatic carbocycles. The minimum Gasteiger partial charge on any atom is -0.370 e. The molecule has 5 N–H and O–H groups in total. The van der Waals surface area contributed by atoms with Crippen molar-refractivity contribution >= 4 is 11.8 Å². The molecule has 6 heteroatoms. The molecule has 0 bridgehead atoms. The molecule has 0 saturated heterocycles. The molecule has 0 saturated carbocycles. The highest BCUT2D eigenvalue weighted by atomic mass is 16.2. The highest BCUT2D eigenvalue weighted by Gasteiger charge is 2.16. The molecule has 0 fully saturated rings. The minimum atomic E-state index is -0.648. The number of primary amides is 2. The predicted molar refractivity (Wildman–Crippen MR) is 58.0 cm³/mol. The smallest absolute Gasteiger partial charge is 0.235 e. The Labute approximate surface area is 90.0 Å². The monoisotopic (exact) mass is 216 g/mol. The van der Waals surface area contributed by atoms with Crippen molar-refractivity contribution in [2.75, 3.05) is 27.2 Å². The van der Waals surface area contributed by atoms with E-state index in [0.717, 1.165) is 13.0 Å². The average molecular weight is 216 g/mol. The minimum absolute atomic E-state index is 0.0443. The summed E-state index contributed by atoms with van der Waals surface area (Å²) in [6, 6.07) is -0.648. The van der Waals surface area contributed by atoms with E-state index in [1.807, 2.05) is 19.0 Å². The average Bonchev–Trinajstić information content (AvgIpc) is 2.08. The largest absolute Gasteiger partial charge is 0.370 e. The molecule has 0 radical (unpaired) electrons. The van der Waals surface area contributed by atoms with Crippen LogP contribution in [0.5, 0.6) is 0 Å². The third-order valence-corrected chi connectivity index (χ3v) is 1.92. The normalized spacial score (nSPS) is 12.7. The van der Waals surface area contributed by atoms with Gasteiger partial charge < -0.3 is 21.7 Å². The predicted octanol–water partition coefficient (Wildman–Crippen LogP) is -1.74. The van der Waals surface area contributed by atoms with E-state index in [2.05, 4.69) is 5.32 Å². The Hall–Kier alpha value is -1.14. The summed E-state index contributed by atoms with van der Waals surface area (Å²) >= 11 is 0. The van der Waals surface area contributed by atoms with E-state index in [9.17, 15) is 9.59 Å². The van der Waals surface area contributed by atoms with Crippen molar-refractivity contribution in [3.8, 4) is 0 Å². The van der Waals surface area contributed by atoms with Crippen molar-refractivity contribution in [1.29, 1.82) is 0 Å². The first-order chi connectivity index (χ1) is 6.93. The lowest BCUT2D eigenvalue weighted by Crippen LogP contribution is -2.44. The van der Waals surface area contributed by atoms with Gasteiger partial charge in [0.1, 0.15) is 0 Å². The van der Waals surface area contributed by atoms with Crippen molar-refractivity contribution in [2.45, 2.75) is 18.9 Å². The molecular weight excluding hydrogens is 196 g/mol. The molecule has 88 valence electrons. The Kier molecular flexibility index (Phi) is 6.64. The van der Waals surface area contributed by atoms with Crippen molar-refractivity contribution in [3.05, 3.63) is 0 Å². The van der Waals surface area contributed by atoms with Crippen LogP contribution < -0.4 is 16.8 Å². The van der Waals surface area contributed by atoms with Crippen LogP contribution in [0.15, 0.2) is 0 Å². The van der Waals surface area contributed by atoms with Crippen LogP contribution in [0, 0.1) is 0 Å². The summed E-state index contributed by atoms with van der Waals surface area (Å²) in [6.45, 7) is 1.55. The zero-order valence-corrected chi connectivity index (χ0v) is 9.32. The van der Waals surface area contributed by atoms with Crippen molar-refractivity contribution < 1.29 is 9.59 Å². The SMILES string of the molecule is CN(C)CCCN[C@H](CC(N)=O)C(N)=O. The number of carbonyl (C=O) groups excluding carboxylic acids is 2. The number of nitrogens with two attached hydrogens (primary N) is 2. The van der Waals surface area contributed by atoms with Crippen molar-refractivity contribution in [2.24, 2.45) is 11.5 Å². The van der Waals surface area contributed by atoms with Gasteiger partial charge in [-0.2, -0.15) is 0 Å². The Morgan fingerprint density at radius 2 is 1.93 bits per heavy atom. The molecule has 0 unspecified atom stereocenters. The lowest BCUT2D eigenvalue weighted by atomic mass is 10.2. The van der Waals surface area contributed by atoms with E-state index >= 15 is 0 Å². The quantitative estimate of drug-likeness (QED) is 0.419. The maximum atomic E-state index is 10.9. The van der Waals surface area contributed by atoms with E-state index in [1.165, 1.54) is 0 Å². The topological polar surface area (TPSA) is 101 Å². The molecule has 0 aliphatic carbocycles. The summed E-state index contributed by atoms with van der Waals surface area (Å²) in [7, 11) is 3.93. The number of amides is 2. The second-order valence-electron chi connectivity index (χ2n) is 3.74. The summed E-state index contributed by atoms with van der Waals surface area (Å²) < 4.78 is 0. The molecular formula is C9H20N4O2. The lowest BCUT2D eigenvalue weighted by molar-refractivity contribution is -0.125. The molecule has 0 spiro atoms. The first-order valence-electron chi connectivity index (χ1n) is 4.89. The van der Waals surface area contributed by atoms with Gasteiger partial charge in [0.25, 0.3) is 0 Å². The van der Waals surface area contributed by atoms with Gasteiger partial charge in [-0.3, -0.25) is 9.59 Å². The Morgan fingerprint density at radius 3 is 2.33 bits per heavy atom. The first-order valence-corrected chi connectivity index (χ1v) is 4.89. The molecule has 2 amide bonds. The molecule has 0 aromatic heterocycles. The Morgan fingerprint density at radius 1 is 1.33 bits per heavy atom. The van der Waals surface area contributed by atoms with Gasteiger partial charge in [-0.15, -0.1) is 0 Å². The highest BCUT2D eigenvalue weighted by molar-refractivity contribution is 5.86. The zero-order chi connectivity index (χ0) is 11.8. The molecule has 0 aliphatic rings. The van der Waals surface area contributed by atoms with Crippen LogP contribution in [-0.2, 0) is 9.59 Å². The maximum Gasteiger partial charge on any atom is 0.235 e. The van der Waals surface area contributed by atoms with E-state index in [4.69, 9.17) is 11.5 Å². The third-order valence-electron chi connectivity index (χ3n) is 1.92. The molecule has 0 aliphatic heterocycles. The Bertz CT molecular complexity index is 218. The van der Waals surface area contributed by atoms with Gasteiger partial charge >= 0.3 is 0 Å².